The molecule has 1 aromatic carbocycles. The lowest BCUT2D eigenvalue weighted by Gasteiger charge is -2.18. The number of nitrogens with zero attached hydrogens (tertiary/aromatic N) is 2. The zero-order valence-corrected chi connectivity index (χ0v) is 13.0. The Morgan fingerprint density at radius 3 is 2.57 bits per heavy atom. The molecule has 0 bridgehead atoms. The SMILES string of the molecule is CCN(CC)C(=O)CCNCc1ccc([N+](=O)[O-])cc1Cl. The number of halogens is 1. The highest BCUT2D eigenvalue weighted by atomic mass is 35.5. The van der Waals surface area contributed by atoms with Crippen LogP contribution >= 0.6 is 11.6 Å². The summed E-state index contributed by atoms with van der Waals surface area (Å²) in [6.45, 7) is 6.34. The molecule has 0 unspecified atom stereocenters. The second-order valence-corrected chi connectivity index (χ2v) is 4.93. The molecule has 0 heterocycles. The zero-order chi connectivity index (χ0) is 15.8. The van der Waals surface area contributed by atoms with Crippen LogP contribution in [-0.2, 0) is 11.3 Å². The molecule has 6 nitrogen and oxygen atoms in total. The van der Waals surface area contributed by atoms with Gasteiger partial charge in [-0.05, 0) is 25.5 Å². The van der Waals surface area contributed by atoms with E-state index in [1.165, 1.54) is 12.1 Å². The minimum Gasteiger partial charge on any atom is -0.343 e. The van der Waals surface area contributed by atoms with Gasteiger partial charge < -0.3 is 10.2 Å². The van der Waals surface area contributed by atoms with Crippen LogP contribution in [0.15, 0.2) is 18.2 Å². The van der Waals surface area contributed by atoms with Crippen LogP contribution in [0, 0.1) is 10.1 Å². The molecule has 0 spiro atoms. The van der Waals surface area contributed by atoms with E-state index in [-0.39, 0.29) is 11.6 Å². The van der Waals surface area contributed by atoms with Crippen LogP contribution in [0.25, 0.3) is 0 Å². The minimum absolute atomic E-state index is 0.0274. The Balaban J connectivity index is 2.43. The molecule has 116 valence electrons. The fourth-order valence-corrected chi connectivity index (χ4v) is 2.19. The topological polar surface area (TPSA) is 75.5 Å². The van der Waals surface area contributed by atoms with Crippen molar-refractivity contribution in [2.45, 2.75) is 26.8 Å². The predicted molar refractivity (Wildman–Crippen MR) is 82.4 cm³/mol. The Morgan fingerprint density at radius 2 is 2.05 bits per heavy atom. The molecule has 0 fully saturated rings. The Labute approximate surface area is 129 Å². The Hall–Kier alpha value is -1.66. The average molecular weight is 314 g/mol. The Morgan fingerprint density at radius 1 is 1.38 bits per heavy atom. The number of carbonyl (C=O) groups excluding carboxylic acids is 1. The maximum Gasteiger partial charge on any atom is 0.270 e. The monoisotopic (exact) mass is 313 g/mol. The van der Waals surface area contributed by atoms with Gasteiger partial charge in [0.15, 0.2) is 0 Å². The van der Waals surface area contributed by atoms with Crippen molar-refractivity contribution in [1.29, 1.82) is 0 Å². The third-order valence-corrected chi connectivity index (χ3v) is 3.55. The van der Waals surface area contributed by atoms with Gasteiger partial charge in [0.2, 0.25) is 5.91 Å². The molecule has 1 amide bonds. The van der Waals surface area contributed by atoms with Gasteiger partial charge in [0.05, 0.1) is 9.95 Å². The maximum atomic E-state index is 11.8. The van der Waals surface area contributed by atoms with Crippen LogP contribution < -0.4 is 5.32 Å². The second-order valence-electron chi connectivity index (χ2n) is 4.53. The highest BCUT2D eigenvalue weighted by Crippen LogP contribution is 2.22. The summed E-state index contributed by atoms with van der Waals surface area (Å²) in [4.78, 5) is 23.7. The Kier molecular flexibility index (Phi) is 7.11. The molecule has 21 heavy (non-hydrogen) atoms. The van der Waals surface area contributed by atoms with Crippen molar-refractivity contribution < 1.29 is 9.72 Å². The van der Waals surface area contributed by atoms with Gasteiger partial charge in [0.25, 0.3) is 5.69 Å². The third kappa shape index (κ3) is 5.32. The van der Waals surface area contributed by atoms with Gasteiger partial charge in [0, 0.05) is 44.7 Å². The van der Waals surface area contributed by atoms with Crippen LogP contribution in [-0.4, -0.2) is 35.4 Å². The molecular weight excluding hydrogens is 294 g/mol. The zero-order valence-electron chi connectivity index (χ0n) is 12.3. The standard InChI is InChI=1S/C14H20ClN3O3/c1-3-17(4-2)14(19)7-8-16-10-11-5-6-12(18(20)21)9-13(11)15/h5-6,9,16H,3-4,7-8,10H2,1-2H3. The normalized spacial score (nSPS) is 10.4. The number of amides is 1. The molecular formula is C14H20ClN3O3. The van der Waals surface area contributed by atoms with E-state index >= 15 is 0 Å². The summed E-state index contributed by atoms with van der Waals surface area (Å²) in [7, 11) is 0. The molecule has 0 aromatic heterocycles. The van der Waals surface area contributed by atoms with Crippen LogP contribution in [0.4, 0.5) is 5.69 Å². The first-order chi connectivity index (χ1) is 9.99. The number of carbonyl (C=O) groups is 1. The molecule has 0 saturated heterocycles. The highest BCUT2D eigenvalue weighted by molar-refractivity contribution is 6.31. The lowest BCUT2D eigenvalue weighted by atomic mass is 10.2. The predicted octanol–water partition coefficient (Wildman–Crippen LogP) is 2.60. The molecule has 1 rings (SSSR count). The summed E-state index contributed by atoms with van der Waals surface area (Å²) in [5, 5.41) is 14.1. The van der Waals surface area contributed by atoms with Gasteiger partial charge in [-0.3, -0.25) is 14.9 Å². The minimum atomic E-state index is -0.480. The molecule has 0 atom stereocenters. The number of nitro benzene ring substituents is 1. The molecule has 0 aliphatic rings. The summed E-state index contributed by atoms with van der Waals surface area (Å²) in [6.07, 6.45) is 0.423. The second kappa shape index (κ2) is 8.59. The van der Waals surface area contributed by atoms with E-state index in [0.717, 1.165) is 5.56 Å². The fraction of sp³-hybridized carbons (Fsp3) is 0.500. The summed E-state index contributed by atoms with van der Waals surface area (Å²) in [5.41, 5.74) is 0.748. The van der Waals surface area contributed by atoms with Crippen molar-refractivity contribution in [3.8, 4) is 0 Å². The molecule has 0 aliphatic heterocycles. The van der Waals surface area contributed by atoms with Crippen molar-refractivity contribution in [3.63, 3.8) is 0 Å². The van der Waals surface area contributed by atoms with Crippen molar-refractivity contribution in [2.24, 2.45) is 0 Å². The molecule has 0 radical (unpaired) electrons. The summed E-state index contributed by atoms with van der Waals surface area (Å²) < 4.78 is 0. The molecule has 0 saturated carbocycles. The number of nitro groups is 1. The number of rotatable bonds is 8. The number of non-ortho nitro benzene ring substituents is 1. The number of hydrogen-bond donors (Lipinski definition) is 1. The lowest BCUT2D eigenvalue weighted by molar-refractivity contribution is -0.384. The van der Waals surface area contributed by atoms with E-state index < -0.39 is 4.92 Å². The molecule has 1 aromatic rings. The van der Waals surface area contributed by atoms with Gasteiger partial charge in [-0.25, -0.2) is 0 Å². The van der Waals surface area contributed by atoms with Crippen LogP contribution in [0.1, 0.15) is 25.8 Å². The third-order valence-electron chi connectivity index (χ3n) is 3.19. The van der Waals surface area contributed by atoms with E-state index in [2.05, 4.69) is 5.32 Å². The average Bonchev–Trinajstić information content (AvgIpc) is 2.46. The van der Waals surface area contributed by atoms with E-state index in [1.807, 2.05) is 13.8 Å². The van der Waals surface area contributed by atoms with Crippen LogP contribution in [0.5, 0.6) is 0 Å². The van der Waals surface area contributed by atoms with Crippen LogP contribution in [0.2, 0.25) is 5.02 Å². The first-order valence-corrected chi connectivity index (χ1v) is 7.28. The quantitative estimate of drug-likeness (QED) is 0.455. The van der Waals surface area contributed by atoms with Gasteiger partial charge >= 0.3 is 0 Å². The number of benzene rings is 1. The number of hydrogen-bond acceptors (Lipinski definition) is 4. The summed E-state index contributed by atoms with van der Waals surface area (Å²) in [6, 6.07) is 4.38. The summed E-state index contributed by atoms with van der Waals surface area (Å²) >= 11 is 5.99. The van der Waals surface area contributed by atoms with Gasteiger partial charge in [-0.1, -0.05) is 11.6 Å². The van der Waals surface area contributed by atoms with Gasteiger partial charge in [-0.2, -0.15) is 0 Å². The maximum absolute atomic E-state index is 11.8. The van der Waals surface area contributed by atoms with E-state index in [4.69, 9.17) is 11.6 Å². The largest absolute Gasteiger partial charge is 0.343 e. The first-order valence-electron chi connectivity index (χ1n) is 6.90. The molecule has 0 aliphatic carbocycles. The molecule has 7 heteroatoms. The Bertz CT molecular complexity index is 504. The van der Waals surface area contributed by atoms with Crippen molar-refractivity contribution in [2.75, 3.05) is 19.6 Å². The smallest absolute Gasteiger partial charge is 0.270 e. The van der Waals surface area contributed by atoms with Crippen molar-refractivity contribution in [1.82, 2.24) is 10.2 Å². The lowest BCUT2D eigenvalue weighted by Crippen LogP contribution is -2.32. The summed E-state index contributed by atoms with van der Waals surface area (Å²) in [5.74, 6) is 0.113. The first kappa shape index (κ1) is 17.4. The van der Waals surface area contributed by atoms with E-state index in [0.29, 0.717) is 37.6 Å². The van der Waals surface area contributed by atoms with Gasteiger partial charge in [0.1, 0.15) is 0 Å². The molecule has 1 N–H and O–H groups in total. The fourth-order valence-electron chi connectivity index (χ4n) is 1.95. The van der Waals surface area contributed by atoms with Crippen molar-refractivity contribution in [3.05, 3.63) is 38.9 Å². The van der Waals surface area contributed by atoms with Gasteiger partial charge in [-0.15, -0.1) is 0 Å². The highest BCUT2D eigenvalue weighted by Gasteiger charge is 2.10. The van der Waals surface area contributed by atoms with Crippen molar-refractivity contribution >= 4 is 23.2 Å². The van der Waals surface area contributed by atoms with Crippen LogP contribution in [0.3, 0.4) is 0 Å². The van der Waals surface area contributed by atoms with E-state index in [9.17, 15) is 14.9 Å². The van der Waals surface area contributed by atoms with E-state index in [1.54, 1.807) is 11.0 Å². The number of nitrogens with one attached hydrogen (secondary N) is 1.